The highest BCUT2D eigenvalue weighted by molar-refractivity contribution is 5.78. The molecule has 1 aliphatic rings. The van der Waals surface area contributed by atoms with Gasteiger partial charge < -0.3 is 15.7 Å². The summed E-state index contributed by atoms with van der Waals surface area (Å²) >= 11 is 0. The molecule has 1 saturated carbocycles. The number of hydrogen-bond acceptors (Lipinski definition) is 3. The summed E-state index contributed by atoms with van der Waals surface area (Å²) in [4.78, 5) is 22.3. The maximum atomic E-state index is 11.5. The van der Waals surface area contributed by atoms with Crippen LogP contribution in [0.15, 0.2) is 0 Å². The summed E-state index contributed by atoms with van der Waals surface area (Å²) < 4.78 is 0. The first-order valence-electron chi connectivity index (χ1n) is 6.86. The van der Waals surface area contributed by atoms with Crippen molar-refractivity contribution in [3.8, 4) is 0 Å². The van der Waals surface area contributed by atoms with Gasteiger partial charge >= 0.3 is 5.97 Å². The van der Waals surface area contributed by atoms with Crippen LogP contribution >= 0.6 is 0 Å². The van der Waals surface area contributed by atoms with Gasteiger partial charge in [-0.2, -0.15) is 0 Å². The third-order valence-corrected chi connectivity index (χ3v) is 3.48. The minimum Gasteiger partial charge on any atom is -0.481 e. The second-order valence-electron chi connectivity index (χ2n) is 4.97. The zero-order valence-corrected chi connectivity index (χ0v) is 11.1. The Kier molecular flexibility index (Phi) is 6.72. The van der Waals surface area contributed by atoms with E-state index in [0.29, 0.717) is 19.4 Å². The van der Waals surface area contributed by atoms with Gasteiger partial charge in [-0.15, -0.1) is 0 Å². The summed E-state index contributed by atoms with van der Waals surface area (Å²) in [5.41, 5.74) is 0. The molecule has 5 heteroatoms. The summed E-state index contributed by atoms with van der Waals surface area (Å²) in [6.45, 7) is 3.17. The molecule has 0 aromatic rings. The summed E-state index contributed by atoms with van der Waals surface area (Å²) in [6, 6.07) is 0.289. The maximum Gasteiger partial charge on any atom is 0.306 e. The molecule has 0 bridgehead atoms. The van der Waals surface area contributed by atoms with E-state index in [1.165, 1.54) is 0 Å². The molecule has 1 fully saturated rings. The molecule has 0 aromatic carbocycles. The van der Waals surface area contributed by atoms with Crippen LogP contribution in [0.1, 0.15) is 45.4 Å². The highest BCUT2D eigenvalue weighted by Crippen LogP contribution is 2.24. The molecule has 1 rings (SSSR count). The van der Waals surface area contributed by atoms with Crippen LogP contribution in [0.25, 0.3) is 0 Å². The Morgan fingerprint density at radius 1 is 1.22 bits per heavy atom. The molecule has 0 spiro atoms. The van der Waals surface area contributed by atoms with Crippen molar-refractivity contribution in [2.24, 2.45) is 5.92 Å². The largest absolute Gasteiger partial charge is 0.481 e. The van der Waals surface area contributed by atoms with Crippen LogP contribution in [0.5, 0.6) is 0 Å². The molecule has 3 N–H and O–H groups in total. The number of nitrogens with one attached hydrogen (secondary N) is 2. The monoisotopic (exact) mass is 256 g/mol. The highest BCUT2D eigenvalue weighted by Gasteiger charge is 2.25. The summed E-state index contributed by atoms with van der Waals surface area (Å²) in [5.74, 6) is -0.851. The van der Waals surface area contributed by atoms with E-state index in [-0.39, 0.29) is 17.9 Å². The van der Waals surface area contributed by atoms with Crippen molar-refractivity contribution in [2.45, 2.75) is 51.5 Å². The fourth-order valence-corrected chi connectivity index (χ4v) is 2.25. The lowest BCUT2D eigenvalue weighted by Gasteiger charge is -2.26. The fourth-order valence-electron chi connectivity index (χ4n) is 2.25. The van der Waals surface area contributed by atoms with Crippen molar-refractivity contribution in [2.75, 3.05) is 13.1 Å². The predicted molar refractivity (Wildman–Crippen MR) is 69.3 cm³/mol. The second kappa shape index (κ2) is 8.08. The normalized spacial score (nSPS) is 23.6. The van der Waals surface area contributed by atoms with Gasteiger partial charge in [0.1, 0.15) is 0 Å². The van der Waals surface area contributed by atoms with Crippen LogP contribution in [0.2, 0.25) is 0 Å². The van der Waals surface area contributed by atoms with E-state index in [9.17, 15) is 9.59 Å². The molecule has 0 atom stereocenters. The van der Waals surface area contributed by atoms with Crippen LogP contribution in [0.4, 0.5) is 0 Å². The summed E-state index contributed by atoms with van der Waals surface area (Å²) in [6.07, 6.45) is 5.20. The van der Waals surface area contributed by atoms with E-state index in [2.05, 4.69) is 17.6 Å². The molecule has 0 heterocycles. The van der Waals surface area contributed by atoms with E-state index >= 15 is 0 Å². The Bertz CT molecular complexity index is 273. The van der Waals surface area contributed by atoms with Crippen LogP contribution in [0.3, 0.4) is 0 Å². The van der Waals surface area contributed by atoms with E-state index in [4.69, 9.17) is 5.11 Å². The molecule has 1 aliphatic carbocycles. The number of carbonyl (C=O) groups is 2. The number of amides is 1. The van der Waals surface area contributed by atoms with Gasteiger partial charge in [-0.05, 0) is 32.1 Å². The molecule has 0 aromatic heterocycles. The molecule has 0 aliphatic heterocycles. The number of unbranched alkanes of at least 4 members (excludes halogenated alkanes) is 1. The van der Waals surface area contributed by atoms with E-state index in [1.807, 2.05) is 0 Å². The lowest BCUT2D eigenvalue weighted by atomic mass is 9.86. The predicted octanol–water partition coefficient (Wildman–Crippen LogP) is 1.14. The Labute approximate surface area is 108 Å². The average Bonchev–Trinajstić information content (AvgIpc) is 2.37. The van der Waals surface area contributed by atoms with Gasteiger partial charge in [0.15, 0.2) is 0 Å². The molecule has 1 amide bonds. The summed E-state index contributed by atoms with van der Waals surface area (Å²) in [5, 5.41) is 14.9. The Balaban J connectivity index is 2.10. The van der Waals surface area contributed by atoms with E-state index in [0.717, 1.165) is 32.2 Å². The minimum atomic E-state index is -0.689. The van der Waals surface area contributed by atoms with Crippen molar-refractivity contribution < 1.29 is 14.7 Å². The van der Waals surface area contributed by atoms with Gasteiger partial charge in [-0.3, -0.25) is 9.59 Å². The van der Waals surface area contributed by atoms with Crippen molar-refractivity contribution in [3.63, 3.8) is 0 Å². The second-order valence-corrected chi connectivity index (χ2v) is 4.97. The SMILES string of the molecule is CCCCNC(=O)CNC1CCC(C(=O)O)CC1. The molecule has 5 nitrogen and oxygen atoms in total. The molecular weight excluding hydrogens is 232 g/mol. The van der Waals surface area contributed by atoms with Crippen molar-refractivity contribution >= 4 is 11.9 Å². The van der Waals surface area contributed by atoms with Gasteiger partial charge in [0, 0.05) is 12.6 Å². The molecule has 104 valence electrons. The van der Waals surface area contributed by atoms with Crippen LogP contribution in [0, 0.1) is 5.92 Å². The molecule has 0 saturated heterocycles. The van der Waals surface area contributed by atoms with Gasteiger partial charge in [0.25, 0.3) is 0 Å². The summed E-state index contributed by atoms with van der Waals surface area (Å²) in [7, 11) is 0. The highest BCUT2D eigenvalue weighted by atomic mass is 16.4. The smallest absolute Gasteiger partial charge is 0.306 e. The zero-order valence-electron chi connectivity index (χ0n) is 11.1. The molecule has 0 radical (unpaired) electrons. The lowest BCUT2D eigenvalue weighted by molar-refractivity contribution is -0.143. The van der Waals surface area contributed by atoms with Gasteiger partial charge in [0.2, 0.25) is 5.91 Å². The maximum absolute atomic E-state index is 11.5. The third kappa shape index (κ3) is 5.49. The van der Waals surface area contributed by atoms with E-state index < -0.39 is 5.97 Å². The third-order valence-electron chi connectivity index (χ3n) is 3.48. The number of carboxylic acid groups (broad SMARTS) is 1. The van der Waals surface area contributed by atoms with Crippen LogP contribution < -0.4 is 10.6 Å². The molecular formula is C13H24N2O3. The quantitative estimate of drug-likeness (QED) is 0.597. The number of carbonyl (C=O) groups excluding carboxylic acids is 1. The Morgan fingerprint density at radius 2 is 1.89 bits per heavy atom. The standard InChI is InChI=1S/C13H24N2O3/c1-2-3-8-14-12(16)9-15-11-6-4-10(5-7-11)13(17)18/h10-11,15H,2-9H2,1H3,(H,14,16)(H,17,18). The minimum absolute atomic E-state index is 0.0313. The first-order valence-corrected chi connectivity index (χ1v) is 6.86. The van der Waals surface area contributed by atoms with Crippen molar-refractivity contribution in [1.82, 2.24) is 10.6 Å². The first kappa shape index (κ1) is 15.0. The number of carboxylic acids is 1. The Hall–Kier alpha value is -1.10. The van der Waals surface area contributed by atoms with Gasteiger partial charge in [-0.1, -0.05) is 13.3 Å². The number of hydrogen-bond donors (Lipinski definition) is 3. The molecule has 0 unspecified atom stereocenters. The van der Waals surface area contributed by atoms with Gasteiger partial charge in [0.05, 0.1) is 12.5 Å². The van der Waals surface area contributed by atoms with Crippen molar-refractivity contribution in [1.29, 1.82) is 0 Å². The first-order chi connectivity index (χ1) is 8.63. The zero-order chi connectivity index (χ0) is 13.4. The fraction of sp³-hybridized carbons (Fsp3) is 0.846. The van der Waals surface area contributed by atoms with Crippen molar-refractivity contribution in [3.05, 3.63) is 0 Å². The van der Waals surface area contributed by atoms with Gasteiger partial charge in [-0.25, -0.2) is 0 Å². The lowest BCUT2D eigenvalue weighted by Crippen LogP contribution is -2.41. The van der Waals surface area contributed by atoms with E-state index in [1.54, 1.807) is 0 Å². The topological polar surface area (TPSA) is 78.4 Å². The van der Waals surface area contributed by atoms with Crippen LogP contribution in [-0.4, -0.2) is 36.1 Å². The average molecular weight is 256 g/mol. The number of aliphatic carboxylic acids is 1. The molecule has 18 heavy (non-hydrogen) atoms. The van der Waals surface area contributed by atoms with Crippen LogP contribution in [-0.2, 0) is 9.59 Å². The number of rotatable bonds is 7. The Morgan fingerprint density at radius 3 is 2.44 bits per heavy atom.